The van der Waals surface area contributed by atoms with Crippen LogP contribution in [-0.2, 0) is 11.8 Å². The summed E-state index contributed by atoms with van der Waals surface area (Å²) in [5.74, 6) is 0.638. The Bertz CT molecular complexity index is 799. The molecular weight excluding hydrogens is 314 g/mol. The van der Waals surface area contributed by atoms with Gasteiger partial charge in [-0.1, -0.05) is 32.0 Å². The third-order valence-corrected chi connectivity index (χ3v) is 5.12. The van der Waals surface area contributed by atoms with E-state index in [9.17, 15) is 9.59 Å². The fraction of sp³-hybridized carbons (Fsp3) is 0.500. The van der Waals surface area contributed by atoms with Crippen LogP contribution in [0.15, 0.2) is 24.3 Å². The summed E-state index contributed by atoms with van der Waals surface area (Å²) in [6.07, 6.45) is 0.580. The first-order valence-corrected chi connectivity index (χ1v) is 9.01. The molecule has 5 nitrogen and oxygen atoms in total. The summed E-state index contributed by atoms with van der Waals surface area (Å²) in [6.45, 7) is 8.57. The molecule has 0 N–H and O–H groups in total. The number of hydrogen-bond acceptors (Lipinski definition) is 2. The normalized spacial score (nSPS) is 15.2. The molecule has 1 aromatic carbocycles. The van der Waals surface area contributed by atoms with Gasteiger partial charge in [0.1, 0.15) is 0 Å². The molecule has 0 unspecified atom stereocenters. The maximum atomic E-state index is 13.1. The van der Waals surface area contributed by atoms with E-state index in [1.54, 1.807) is 0 Å². The van der Waals surface area contributed by atoms with E-state index in [2.05, 4.69) is 18.4 Å². The summed E-state index contributed by atoms with van der Waals surface area (Å²) in [6, 6.07) is 8.02. The number of fused-ring (bicyclic) bond motifs is 1. The van der Waals surface area contributed by atoms with Crippen molar-refractivity contribution in [1.29, 1.82) is 0 Å². The second-order valence-electron chi connectivity index (χ2n) is 7.31. The number of aromatic nitrogens is 1. The van der Waals surface area contributed by atoms with E-state index in [1.807, 2.05) is 48.0 Å². The average molecular weight is 341 g/mol. The number of benzene rings is 1. The quantitative estimate of drug-likeness (QED) is 0.862. The molecule has 0 radical (unpaired) electrons. The minimum atomic E-state index is 0.0743. The van der Waals surface area contributed by atoms with Crippen molar-refractivity contribution in [2.75, 3.05) is 26.2 Å². The largest absolute Gasteiger partial charge is 0.347 e. The monoisotopic (exact) mass is 341 g/mol. The number of aryl methyl sites for hydroxylation is 1. The van der Waals surface area contributed by atoms with Crippen LogP contribution in [0.25, 0.3) is 10.9 Å². The lowest BCUT2D eigenvalue weighted by molar-refractivity contribution is -0.133. The van der Waals surface area contributed by atoms with Crippen molar-refractivity contribution in [3.8, 4) is 0 Å². The van der Waals surface area contributed by atoms with Gasteiger partial charge in [-0.2, -0.15) is 0 Å². The SMILES string of the molecule is Cc1c(C(=O)N2CCN(C(=O)CC(C)C)CC2)c2ccccc2n1C. The highest BCUT2D eigenvalue weighted by atomic mass is 16.2. The van der Waals surface area contributed by atoms with Crippen LogP contribution in [0.4, 0.5) is 0 Å². The molecular formula is C20H27N3O2. The van der Waals surface area contributed by atoms with E-state index in [1.165, 1.54) is 0 Å². The molecule has 1 aromatic heterocycles. The lowest BCUT2D eigenvalue weighted by atomic mass is 10.1. The fourth-order valence-corrected chi connectivity index (χ4v) is 3.59. The second kappa shape index (κ2) is 6.90. The molecule has 0 bridgehead atoms. The fourth-order valence-electron chi connectivity index (χ4n) is 3.59. The number of amides is 2. The highest BCUT2D eigenvalue weighted by molar-refractivity contribution is 6.08. The summed E-state index contributed by atoms with van der Waals surface area (Å²) in [4.78, 5) is 29.1. The summed E-state index contributed by atoms with van der Waals surface area (Å²) in [5.41, 5.74) is 2.86. The third kappa shape index (κ3) is 3.28. The van der Waals surface area contributed by atoms with Crippen molar-refractivity contribution in [3.05, 3.63) is 35.5 Å². The molecule has 0 aliphatic carbocycles. The van der Waals surface area contributed by atoms with Gasteiger partial charge in [-0.3, -0.25) is 9.59 Å². The molecule has 134 valence electrons. The van der Waals surface area contributed by atoms with E-state index >= 15 is 0 Å². The molecule has 5 heteroatoms. The van der Waals surface area contributed by atoms with E-state index in [0.717, 1.165) is 22.2 Å². The van der Waals surface area contributed by atoms with Crippen molar-refractivity contribution in [2.24, 2.45) is 13.0 Å². The Hall–Kier alpha value is -2.30. The number of piperazine rings is 1. The Balaban J connectivity index is 1.76. The van der Waals surface area contributed by atoms with Crippen LogP contribution in [0.2, 0.25) is 0 Å². The molecule has 2 heterocycles. The van der Waals surface area contributed by atoms with E-state index < -0.39 is 0 Å². The van der Waals surface area contributed by atoms with Crippen molar-refractivity contribution >= 4 is 22.7 Å². The van der Waals surface area contributed by atoms with Gasteiger partial charge in [-0.25, -0.2) is 0 Å². The number of carbonyl (C=O) groups excluding carboxylic acids is 2. The maximum Gasteiger partial charge on any atom is 0.256 e. The van der Waals surface area contributed by atoms with Crippen molar-refractivity contribution in [3.63, 3.8) is 0 Å². The standard InChI is InChI=1S/C20H27N3O2/c1-14(2)13-18(24)22-9-11-23(12-10-22)20(25)19-15(3)21(4)17-8-6-5-7-16(17)19/h5-8,14H,9-13H2,1-4H3. The molecule has 25 heavy (non-hydrogen) atoms. The van der Waals surface area contributed by atoms with Crippen LogP contribution < -0.4 is 0 Å². The smallest absolute Gasteiger partial charge is 0.256 e. The van der Waals surface area contributed by atoms with Gasteiger partial charge in [-0.05, 0) is 18.9 Å². The summed E-state index contributed by atoms with van der Waals surface area (Å²) in [7, 11) is 2.00. The van der Waals surface area contributed by atoms with Gasteiger partial charge in [0.15, 0.2) is 0 Å². The van der Waals surface area contributed by atoms with Gasteiger partial charge >= 0.3 is 0 Å². The minimum absolute atomic E-state index is 0.0743. The molecule has 1 fully saturated rings. The van der Waals surface area contributed by atoms with Gasteiger partial charge in [0.05, 0.1) is 5.56 Å². The van der Waals surface area contributed by atoms with Crippen LogP contribution in [0.1, 0.15) is 36.3 Å². The molecule has 1 saturated heterocycles. The Morgan fingerprint density at radius 1 is 1.04 bits per heavy atom. The minimum Gasteiger partial charge on any atom is -0.347 e. The summed E-state index contributed by atoms with van der Waals surface area (Å²) >= 11 is 0. The van der Waals surface area contributed by atoms with Gasteiger partial charge in [-0.15, -0.1) is 0 Å². The van der Waals surface area contributed by atoms with Crippen molar-refractivity contribution in [2.45, 2.75) is 27.2 Å². The molecule has 0 saturated carbocycles. The van der Waals surface area contributed by atoms with E-state index in [-0.39, 0.29) is 11.8 Å². The molecule has 3 rings (SSSR count). The van der Waals surface area contributed by atoms with Crippen molar-refractivity contribution < 1.29 is 9.59 Å². The van der Waals surface area contributed by atoms with Crippen LogP contribution in [0.5, 0.6) is 0 Å². The number of rotatable bonds is 3. The molecule has 1 aliphatic rings. The number of carbonyl (C=O) groups is 2. The van der Waals surface area contributed by atoms with Gasteiger partial charge in [0, 0.05) is 56.2 Å². The Labute approximate surface area is 149 Å². The lowest BCUT2D eigenvalue weighted by Crippen LogP contribution is -2.50. The van der Waals surface area contributed by atoms with Gasteiger partial charge in [0.2, 0.25) is 5.91 Å². The lowest BCUT2D eigenvalue weighted by Gasteiger charge is -2.35. The molecule has 2 aromatic rings. The average Bonchev–Trinajstić information content (AvgIpc) is 2.85. The van der Waals surface area contributed by atoms with E-state index in [0.29, 0.717) is 38.5 Å². The first-order chi connectivity index (χ1) is 11.9. The molecule has 0 spiro atoms. The maximum absolute atomic E-state index is 13.1. The summed E-state index contributed by atoms with van der Waals surface area (Å²) in [5, 5.41) is 1.01. The van der Waals surface area contributed by atoms with Gasteiger partial charge in [0.25, 0.3) is 5.91 Å². The Kier molecular flexibility index (Phi) is 4.84. The highest BCUT2D eigenvalue weighted by Gasteiger charge is 2.28. The zero-order valence-electron chi connectivity index (χ0n) is 15.6. The first-order valence-electron chi connectivity index (χ1n) is 9.01. The molecule has 1 aliphatic heterocycles. The van der Waals surface area contributed by atoms with Gasteiger partial charge < -0.3 is 14.4 Å². The zero-order chi connectivity index (χ0) is 18.1. The number of para-hydroxylation sites is 1. The highest BCUT2D eigenvalue weighted by Crippen LogP contribution is 2.26. The van der Waals surface area contributed by atoms with Crippen LogP contribution >= 0.6 is 0 Å². The van der Waals surface area contributed by atoms with E-state index in [4.69, 9.17) is 0 Å². The van der Waals surface area contributed by atoms with Crippen molar-refractivity contribution in [1.82, 2.24) is 14.4 Å². The summed E-state index contributed by atoms with van der Waals surface area (Å²) < 4.78 is 2.07. The molecule has 2 amide bonds. The Morgan fingerprint density at radius 3 is 2.28 bits per heavy atom. The number of nitrogens with zero attached hydrogens (tertiary/aromatic N) is 3. The van der Waals surface area contributed by atoms with Crippen LogP contribution in [0.3, 0.4) is 0 Å². The predicted octanol–water partition coefficient (Wildman–Crippen LogP) is 2.82. The van der Waals surface area contributed by atoms with Crippen LogP contribution in [0, 0.1) is 12.8 Å². The Morgan fingerprint density at radius 2 is 1.64 bits per heavy atom. The zero-order valence-corrected chi connectivity index (χ0v) is 15.6. The predicted molar refractivity (Wildman–Crippen MR) is 99.6 cm³/mol. The van der Waals surface area contributed by atoms with Crippen LogP contribution in [-0.4, -0.2) is 52.4 Å². The third-order valence-electron chi connectivity index (χ3n) is 5.12. The second-order valence-corrected chi connectivity index (χ2v) is 7.31. The first kappa shape index (κ1) is 17.5. The molecule has 0 atom stereocenters. The topological polar surface area (TPSA) is 45.6 Å². The number of hydrogen-bond donors (Lipinski definition) is 0.